The molecule has 4 rings (SSSR count). The van der Waals surface area contributed by atoms with Gasteiger partial charge in [-0.2, -0.15) is 0 Å². The lowest BCUT2D eigenvalue weighted by Crippen LogP contribution is -2.29. The molecule has 3 aromatic rings. The Morgan fingerprint density at radius 2 is 1.89 bits per heavy atom. The Hall–Kier alpha value is -2.48. The van der Waals surface area contributed by atoms with Crippen LogP contribution in [0.3, 0.4) is 0 Å². The Morgan fingerprint density at radius 1 is 1.18 bits per heavy atom. The van der Waals surface area contributed by atoms with Crippen molar-refractivity contribution in [3.05, 3.63) is 73.4 Å². The van der Waals surface area contributed by atoms with Crippen molar-refractivity contribution in [1.82, 2.24) is 4.98 Å². The highest BCUT2D eigenvalue weighted by atomic mass is 35.5. The zero-order chi connectivity index (χ0) is 20.0. The first-order chi connectivity index (χ1) is 13.4. The Balaban J connectivity index is 1.92. The van der Waals surface area contributed by atoms with E-state index in [9.17, 15) is 14.7 Å². The second kappa shape index (κ2) is 7.16. The van der Waals surface area contributed by atoms with Crippen molar-refractivity contribution in [1.29, 1.82) is 0 Å². The van der Waals surface area contributed by atoms with Gasteiger partial charge in [-0.25, -0.2) is 4.98 Å². The summed E-state index contributed by atoms with van der Waals surface area (Å²) in [5.74, 6) is -1.64. The maximum absolute atomic E-state index is 12.9. The molecule has 1 aromatic carbocycles. The highest BCUT2D eigenvalue weighted by Crippen LogP contribution is 2.44. The number of aryl methyl sites for hydroxylation is 2. The summed E-state index contributed by atoms with van der Waals surface area (Å²) < 4.78 is 0. The zero-order valence-corrected chi connectivity index (χ0v) is 17.4. The van der Waals surface area contributed by atoms with Gasteiger partial charge in [-0.3, -0.25) is 14.5 Å². The summed E-state index contributed by atoms with van der Waals surface area (Å²) in [6.45, 7) is 3.78. The summed E-state index contributed by atoms with van der Waals surface area (Å²) in [6, 6.07) is 9.46. The molecule has 8 heteroatoms. The molecule has 1 saturated heterocycles. The molecule has 0 radical (unpaired) electrons. The van der Waals surface area contributed by atoms with Gasteiger partial charge in [0.25, 0.3) is 5.78 Å². The maximum atomic E-state index is 12.9. The number of halogens is 1. The standard InChI is InChI=1S/C20H15ClN2O3S2/c1-10-11(2)28-20(22-10)23-16(14-4-3-9-27-14)15(18(25)19(23)26)17(24)12-5-7-13(21)8-6-12/h3-9,16,24H,1-2H3/b17-15+. The highest BCUT2D eigenvalue weighted by Gasteiger charge is 2.48. The van der Waals surface area contributed by atoms with Gasteiger partial charge < -0.3 is 5.11 Å². The molecule has 1 aliphatic rings. The molecule has 2 aromatic heterocycles. The highest BCUT2D eigenvalue weighted by molar-refractivity contribution is 7.16. The fourth-order valence-electron chi connectivity index (χ4n) is 3.07. The van der Waals surface area contributed by atoms with Crippen molar-refractivity contribution in [3.63, 3.8) is 0 Å². The second-order valence-corrected chi connectivity index (χ2v) is 8.93. The number of aromatic nitrogens is 1. The minimum absolute atomic E-state index is 0.0558. The summed E-state index contributed by atoms with van der Waals surface area (Å²) in [5, 5.41) is 13.8. The zero-order valence-electron chi connectivity index (χ0n) is 15.0. The minimum Gasteiger partial charge on any atom is -0.507 e. The van der Waals surface area contributed by atoms with Gasteiger partial charge >= 0.3 is 5.91 Å². The van der Waals surface area contributed by atoms with Crippen molar-refractivity contribution in [2.45, 2.75) is 19.9 Å². The second-order valence-electron chi connectivity index (χ2n) is 6.33. The van der Waals surface area contributed by atoms with Crippen LogP contribution in [0, 0.1) is 13.8 Å². The molecule has 5 nitrogen and oxygen atoms in total. The normalized spacial score (nSPS) is 18.8. The first-order valence-corrected chi connectivity index (χ1v) is 10.5. The Bertz CT molecular complexity index is 1080. The molecule has 0 spiro atoms. The van der Waals surface area contributed by atoms with Crippen molar-refractivity contribution in [3.8, 4) is 0 Å². The van der Waals surface area contributed by atoms with Gasteiger partial charge in [0.1, 0.15) is 11.8 Å². The molecule has 1 fully saturated rings. The number of carbonyl (C=O) groups excluding carboxylic acids is 2. The van der Waals surface area contributed by atoms with Crippen LogP contribution in [0.5, 0.6) is 0 Å². The largest absolute Gasteiger partial charge is 0.507 e. The van der Waals surface area contributed by atoms with Gasteiger partial charge in [0.2, 0.25) is 0 Å². The van der Waals surface area contributed by atoms with Crippen LogP contribution in [0.25, 0.3) is 5.76 Å². The number of carbonyl (C=O) groups is 2. The van der Waals surface area contributed by atoms with Crippen LogP contribution < -0.4 is 4.90 Å². The third kappa shape index (κ3) is 3.05. The molecular weight excluding hydrogens is 416 g/mol. The summed E-state index contributed by atoms with van der Waals surface area (Å²) in [6.07, 6.45) is 0. The van der Waals surface area contributed by atoms with E-state index in [0.29, 0.717) is 15.7 Å². The van der Waals surface area contributed by atoms with Crippen LogP contribution in [0.15, 0.2) is 47.4 Å². The number of hydrogen-bond acceptors (Lipinski definition) is 6. The van der Waals surface area contributed by atoms with Crippen LogP contribution in [-0.4, -0.2) is 21.8 Å². The van der Waals surface area contributed by atoms with E-state index < -0.39 is 17.7 Å². The maximum Gasteiger partial charge on any atom is 0.301 e. The number of nitrogens with zero attached hydrogens (tertiary/aromatic N) is 2. The Labute approximate surface area is 174 Å². The topological polar surface area (TPSA) is 70.5 Å². The lowest BCUT2D eigenvalue weighted by Gasteiger charge is -2.21. The quantitative estimate of drug-likeness (QED) is 0.356. The van der Waals surface area contributed by atoms with Gasteiger partial charge in [-0.1, -0.05) is 17.7 Å². The van der Waals surface area contributed by atoms with Crippen LogP contribution in [0.2, 0.25) is 5.02 Å². The third-order valence-electron chi connectivity index (χ3n) is 4.60. The summed E-state index contributed by atoms with van der Waals surface area (Å²) >= 11 is 8.70. The summed E-state index contributed by atoms with van der Waals surface area (Å²) in [4.78, 5) is 33.4. The number of aliphatic hydroxyl groups is 1. The number of thiazole rings is 1. The molecule has 142 valence electrons. The molecule has 0 saturated carbocycles. The minimum atomic E-state index is -0.726. The van der Waals surface area contributed by atoms with Gasteiger partial charge in [0.05, 0.1) is 11.3 Å². The fourth-order valence-corrected chi connectivity index (χ4v) is 4.95. The van der Waals surface area contributed by atoms with Gasteiger partial charge in [-0.15, -0.1) is 22.7 Å². The van der Waals surface area contributed by atoms with Crippen molar-refractivity contribution >= 4 is 56.9 Å². The smallest absolute Gasteiger partial charge is 0.301 e. The van der Waals surface area contributed by atoms with Crippen LogP contribution in [0.1, 0.15) is 27.1 Å². The SMILES string of the molecule is Cc1nc(N2C(=O)C(=O)/C(=C(/O)c3ccc(Cl)cc3)C2c2cccs2)sc1C. The average Bonchev–Trinajstić information content (AvgIpc) is 3.36. The number of hydrogen-bond donors (Lipinski definition) is 1. The molecule has 28 heavy (non-hydrogen) atoms. The number of amides is 1. The average molecular weight is 431 g/mol. The number of anilines is 1. The van der Waals surface area contributed by atoms with E-state index in [-0.39, 0.29) is 11.3 Å². The van der Waals surface area contributed by atoms with E-state index in [4.69, 9.17) is 11.6 Å². The Morgan fingerprint density at radius 3 is 2.46 bits per heavy atom. The van der Waals surface area contributed by atoms with E-state index in [1.807, 2.05) is 31.4 Å². The summed E-state index contributed by atoms with van der Waals surface area (Å²) in [5.41, 5.74) is 1.29. The molecule has 1 atom stereocenters. The molecule has 0 bridgehead atoms. The van der Waals surface area contributed by atoms with Crippen LogP contribution in [0.4, 0.5) is 5.13 Å². The van der Waals surface area contributed by atoms with Gasteiger partial charge in [0, 0.05) is 20.3 Å². The number of ketones is 1. The molecule has 1 N–H and O–H groups in total. The number of rotatable bonds is 3. The Kier molecular flexibility index (Phi) is 4.82. The third-order valence-corrected chi connectivity index (χ3v) is 6.85. The predicted octanol–water partition coefficient (Wildman–Crippen LogP) is 5.10. The van der Waals surface area contributed by atoms with E-state index in [2.05, 4.69) is 4.98 Å². The van der Waals surface area contributed by atoms with Gasteiger partial charge in [-0.05, 0) is 49.6 Å². The van der Waals surface area contributed by atoms with Gasteiger partial charge in [0.15, 0.2) is 5.13 Å². The van der Waals surface area contributed by atoms with Crippen molar-refractivity contribution < 1.29 is 14.7 Å². The number of aliphatic hydroxyl groups excluding tert-OH is 1. The molecule has 3 heterocycles. The molecular formula is C20H15ClN2O3S2. The summed E-state index contributed by atoms with van der Waals surface area (Å²) in [7, 11) is 0. The van der Waals surface area contributed by atoms with E-state index >= 15 is 0 Å². The lowest BCUT2D eigenvalue weighted by atomic mass is 10.00. The first-order valence-electron chi connectivity index (χ1n) is 8.43. The first kappa shape index (κ1) is 18.9. The van der Waals surface area contributed by atoms with Crippen LogP contribution in [-0.2, 0) is 9.59 Å². The number of Topliss-reactive ketones (excluding diaryl/α,β-unsaturated/α-hetero) is 1. The molecule has 1 unspecified atom stereocenters. The lowest BCUT2D eigenvalue weighted by molar-refractivity contribution is -0.132. The van der Waals surface area contributed by atoms with E-state index in [0.717, 1.165) is 15.4 Å². The monoisotopic (exact) mass is 430 g/mol. The molecule has 1 amide bonds. The van der Waals surface area contributed by atoms with Crippen molar-refractivity contribution in [2.24, 2.45) is 0 Å². The van der Waals surface area contributed by atoms with E-state index in [1.54, 1.807) is 24.3 Å². The van der Waals surface area contributed by atoms with Crippen molar-refractivity contribution in [2.75, 3.05) is 4.90 Å². The van der Waals surface area contributed by atoms with E-state index in [1.165, 1.54) is 27.6 Å². The predicted molar refractivity (Wildman–Crippen MR) is 112 cm³/mol. The number of benzene rings is 1. The number of thiophene rings is 1. The fraction of sp³-hybridized carbons (Fsp3) is 0.150. The van der Waals surface area contributed by atoms with Crippen LogP contribution >= 0.6 is 34.3 Å². The molecule has 0 aliphatic carbocycles. The molecule has 1 aliphatic heterocycles.